The van der Waals surface area contributed by atoms with Gasteiger partial charge in [0.15, 0.2) is 10.6 Å². The van der Waals surface area contributed by atoms with E-state index in [0.29, 0.717) is 27.1 Å². The van der Waals surface area contributed by atoms with Gasteiger partial charge in [-0.25, -0.2) is 9.78 Å². The molecule has 4 aromatic rings. The fourth-order valence-corrected chi connectivity index (χ4v) is 4.76. The SMILES string of the molecule is COC(=O)c1sc(N2C(=O)c3oc4ccccc4c(=O)c3C2c2ccncc2)nc1C. The number of nitrogens with zero attached hydrogens (tertiary/aromatic N) is 3. The van der Waals surface area contributed by atoms with Gasteiger partial charge in [-0.2, -0.15) is 0 Å². The Morgan fingerprint density at radius 1 is 1.16 bits per heavy atom. The first kappa shape index (κ1) is 19.1. The third kappa shape index (κ3) is 2.85. The molecule has 5 rings (SSSR count). The molecule has 31 heavy (non-hydrogen) atoms. The molecule has 4 heterocycles. The van der Waals surface area contributed by atoms with Crippen molar-refractivity contribution in [3.05, 3.63) is 86.5 Å². The molecule has 0 spiro atoms. The first-order chi connectivity index (χ1) is 15.0. The summed E-state index contributed by atoms with van der Waals surface area (Å²) in [5, 5.41) is 0.667. The lowest BCUT2D eigenvalue weighted by atomic mass is 10.00. The average molecular weight is 433 g/mol. The van der Waals surface area contributed by atoms with Gasteiger partial charge in [-0.05, 0) is 36.8 Å². The predicted octanol–water partition coefficient (Wildman–Crippen LogP) is 3.49. The van der Waals surface area contributed by atoms with Gasteiger partial charge in [0.2, 0.25) is 5.76 Å². The summed E-state index contributed by atoms with van der Waals surface area (Å²) in [4.78, 5) is 49.1. The minimum atomic E-state index is -0.762. The number of fused-ring (bicyclic) bond motifs is 2. The predicted molar refractivity (Wildman–Crippen MR) is 114 cm³/mol. The molecule has 1 atom stereocenters. The van der Waals surface area contributed by atoms with Crippen LogP contribution in [0.5, 0.6) is 0 Å². The number of para-hydroxylation sites is 1. The lowest BCUT2D eigenvalue weighted by Crippen LogP contribution is -2.29. The quantitative estimate of drug-likeness (QED) is 0.456. The fraction of sp³-hybridized carbons (Fsp3) is 0.136. The van der Waals surface area contributed by atoms with Gasteiger partial charge in [0, 0.05) is 12.4 Å². The number of amides is 1. The number of esters is 1. The molecule has 1 amide bonds. The molecule has 154 valence electrons. The van der Waals surface area contributed by atoms with Crippen molar-refractivity contribution in [1.82, 2.24) is 9.97 Å². The third-order valence-corrected chi connectivity index (χ3v) is 6.30. The van der Waals surface area contributed by atoms with E-state index in [9.17, 15) is 14.4 Å². The summed E-state index contributed by atoms with van der Waals surface area (Å²) in [7, 11) is 1.28. The van der Waals surface area contributed by atoms with Gasteiger partial charge >= 0.3 is 5.97 Å². The molecule has 1 aliphatic rings. The minimum absolute atomic E-state index is 0.0296. The molecule has 9 heteroatoms. The molecule has 1 aliphatic heterocycles. The van der Waals surface area contributed by atoms with E-state index in [4.69, 9.17) is 9.15 Å². The Hall–Kier alpha value is -3.85. The van der Waals surface area contributed by atoms with Crippen molar-refractivity contribution in [2.45, 2.75) is 13.0 Å². The Bertz CT molecular complexity index is 1410. The molecule has 0 saturated heterocycles. The van der Waals surface area contributed by atoms with Crippen LogP contribution in [0.2, 0.25) is 0 Å². The Kier molecular flexibility index (Phi) is 4.40. The second-order valence-electron chi connectivity index (χ2n) is 6.93. The zero-order chi connectivity index (χ0) is 21.7. The highest BCUT2D eigenvalue weighted by molar-refractivity contribution is 7.17. The van der Waals surface area contributed by atoms with E-state index >= 15 is 0 Å². The van der Waals surface area contributed by atoms with Crippen molar-refractivity contribution >= 4 is 39.3 Å². The van der Waals surface area contributed by atoms with Gasteiger partial charge in [-0.3, -0.25) is 19.5 Å². The van der Waals surface area contributed by atoms with Crippen LogP contribution in [0.3, 0.4) is 0 Å². The van der Waals surface area contributed by atoms with Crippen molar-refractivity contribution in [3.63, 3.8) is 0 Å². The van der Waals surface area contributed by atoms with Crippen molar-refractivity contribution in [3.8, 4) is 0 Å². The summed E-state index contributed by atoms with van der Waals surface area (Å²) in [5.74, 6) is -1.06. The largest absolute Gasteiger partial charge is 0.465 e. The van der Waals surface area contributed by atoms with E-state index in [2.05, 4.69) is 9.97 Å². The molecular formula is C22H15N3O5S. The molecular weight excluding hydrogens is 418 g/mol. The maximum Gasteiger partial charge on any atom is 0.350 e. The molecule has 0 radical (unpaired) electrons. The van der Waals surface area contributed by atoms with Crippen molar-refractivity contribution in [1.29, 1.82) is 0 Å². The number of carbonyl (C=O) groups is 2. The number of aromatic nitrogens is 2. The Balaban J connectivity index is 1.78. The lowest BCUT2D eigenvalue weighted by Gasteiger charge is -2.22. The first-order valence-electron chi connectivity index (χ1n) is 9.36. The van der Waals surface area contributed by atoms with Crippen LogP contribution in [0.4, 0.5) is 5.13 Å². The summed E-state index contributed by atoms with van der Waals surface area (Å²) in [5.41, 5.74) is 1.41. The molecule has 0 bridgehead atoms. The smallest absolute Gasteiger partial charge is 0.350 e. The maximum absolute atomic E-state index is 13.5. The summed E-state index contributed by atoms with van der Waals surface area (Å²) in [6.07, 6.45) is 3.18. The fourth-order valence-electron chi connectivity index (χ4n) is 3.75. The van der Waals surface area contributed by atoms with Gasteiger partial charge in [-0.1, -0.05) is 23.5 Å². The van der Waals surface area contributed by atoms with E-state index in [-0.39, 0.29) is 21.9 Å². The second kappa shape index (κ2) is 7.13. The molecule has 0 saturated carbocycles. The monoisotopic (exact) mass is 433 g/mol. The molecule has 0 fully saturated rings. The Labute approximate surface area is 179 Å². The summed E-state index contributed by atoms with van der Waals surface area (Å²) in [6, 6.07) is 9.50. The Morgan fingerprint density at radius 3 is 2.65 bits per heavy atom. The van der Waals surface area contributed by atoms with Crippen molar-refractivity contribution < 1.29 is 18.7 Å². The van der Waals surface area contributed by atoms with Crippen LogP contribution in [0.15, 0.2) is 58.0 Å². The highest BCUT2D eigenvalue weighted by Crippen LogP contribution is 2.42. The summed E-state index contributed by atoms with van der Waals surface area (Å²) >= 11 is 1.03. The van der Waals surface area contributed by atoms with E-state index in [0.717, 1.165) is 11.3 Å². The summed E-state index contributed by atoms with van der Waals surface area (Å²) in [6.45, 7) is 1.67. The summed E-state index contributed by atoms with van der Waals surface area (Å²) < 4.78 is 10.7. The number of rotatable bonds is 3. The maximum atomic E-state index is 13.5. The highest BCUT2D eigenvalue weighted by atomic mass is 32.1. The zero-order valence-electron chi connectivity index (χ0n) is 16.5. The van der Waals surface area contributed by atoms with Gasteiger partial charge in [0.1, 0.15) is 10.5 Å². The first-order valence-corrected chi connectivity index (χ1v) is 10.2. The number of methoxy groups -OCH3 is 1. The topological polar surface area (TPSA) is 103 Å². The van der Waals surface area contributed by atoms with Crippen LogP contribution in [0, 0.1) is 6.92 Å². The van der Waals surface area contributed by atoms with Gasteiger partial charge < -0.3 is 9.15 Å². The van der Waals surface area contributed by atoms with Crippen LogP contribution in [0.25, 0.3) is 11.0 Å². The highest BCUT2D eigenvalue weighted by Gasteiger charge is 2.45. The van der Waals surface area contributed by atoms with Crippen LogP contribution >= 0.6 is 11.3 Å². The standard InChI is InChI=1S/C22H15N3O5S/c1-11-19(21(28)29-2)31-22(24-11)25-16(12-7-9-23-10-8-12)15-17(26)13-5-3-4-6-14(13)30-18(15)20(25)27/h3-10,16H,1-2H3. The number of thiazole rings is 1. The van der Waals surface area contributed by atoms with Crippen molar-refractivity contribution in [2.75, 3.05) is 12.0 Å². The molecule has 0 N–H and O–H groups in total. The van der Waals surface area contributed by atoms with Crippen LogP contribution in [0.1, 0.15) is 43.1 Å². The normalized spacial score (nSPS) is 15.4. The number of hydrogen-bond acceptors (Lipinski definition) is 8. The van der Waals surface area contributed by atoms with Gasteiger partial charge in [0.25, 0.3) is 5.91 Å². The zero-order valence-corrected chi connectivity index (χ0v) is 17.3. The van der Waals surface area contributed by atoms with Crippen molar-refractivity contribution in [2.24, 2.45) is 0 Å². The van der Waals surface area contributed by atoms with Gasteiger partial charge in [0.05, 0.1) is 29.8 Å². The number of hydrogen-bond donors (Lipinski definition) is 0. The molecule has 8 nitrogen and oxygen atoms in total. The molecule has 3 aromatic heterocycles. The Morgan fingerprint density at radius 2 is 1.90 bits per heavy atom. The number of aryl methyl sites for hydroxylation is 1. The molecule has 0 aliphatic carbocycles. The molecule has 1 unspecified atom stereocenters. The van der Waals surface area contributed by atoms with Gasteiger partial charge in [-0.15, -0.1) is 0 Å². The van der Waals surface area contributed by atoms with Crippen LogP contribution in [-0.4, -0.2) is 29.0 Å². The van der Waals surface area contributed by atoms with Crippen LogP contribution in [-0.2, 0) is 4.74 Å². The minimum Gasteiger partial charge on any atom is -0.465 e. The second-order valence-corrected chi connectivity index (χ2v) is 7.91. The molecule has 1 aromatic carbocycles. The number of ether oxygens (including phenoxy) is 1. The third-order valence-electron chi connectivity index (χ3n) is 5.16. The van der Waals surface area contributed by atoms with E-state index in [1.54, 1.807) is 55.7 Å². The number of anilines is 1. The lowest BCUT2D eigenvalue weighted by molar-refractivity contribution is 0.0605. The number of pyridine rings is 1. The average Bonchev–Trinajstić information content (AvgIpc) is 3.31. The number of carbonyl (C=O) groups excluding carboxylic acids is 2. The van der Waals surface area contributed by atoms with E-state index in [1.807, 2.05) is 0 Å². The van der Waals surface area contributed by atoms with Crippen LogP contribution < -0.4 is 10.3 Å². The van der Waals surface area contributed by atoms with E-state index in [1.165, 1.54) is 12.0 Å². The number of benzene rings is 1. The van der Waals surface area contributed by atoms with E-state index < -0.39 is 17.9 Å².